The van der Waals surface area contributed by atoms with Crippen molar-refractivity contribution in [1.82, 2.24) is 9.62 Å². The summed E-state index contributed by atoms with van der Waals surface area (Å²) in [5.74, 6) is 0.213. The molecule has 0 atom stereocenters. The lowest BCUT2D eigenvalue weighted by Crippen LogP contribution is -2.39. The van der Waals surface area contributed by atoms with Gasteiger partial charge in [0.25, 0.3) is 10.2 Å². The van der Waals surface area contributed by atoms with Crippen molar-refractivity contribution in [2.24, 2.45) is 0 Å². The van der Waals surface area contributed by atoms with Gasteiger partial charge in [-0.3, -0.25) is 9.62 Å². The Labute approximate surface area is 172 Å². The SMILES string of the molecule is CNS(=O)(=O)Nc1cccc(CN2Cc3ccc(OC4COC4)cc3OC2=O)c1F. The van der Waals surface area contributed by atoms with Gasteiger partial charge in [-0.15, -0.1) is 0 Å². The lowest BCUT2D eigenvalue weighted by molar-refractivity contribution is -0.0797. The third kappa shape index (κ3) is 4.32. The van der Waals surface area contributed by atoms with E-state index >= 15 is 0 Å². The zero-order chi connectivity index (χ0) is 21.3. The van der Waals surface area contributed by atoms with Gasteiger partial charge in [0.1, 0.15) is 17.6 Å². The first-order chi connectivity index (χ1) is 14.3. The summed E-state index contributed by atoms with van der Waals surface area (Å²) >= 11 is 0. The van der Waals surface area contributed by atoms with E-state index in [1.54, 1.807) is 18.2 Å². The highest BCUT2D eigenvalue weighted by Gasteiger charge is 2.28. The molecule has 1 fully saturated rings. The predicted molar refractivity (Wildman–Crippen MR) is 105 cm³/mol. The molecule has 2 aliphatic heterocycles. The first-order valence-electron chi connectivity index (χ1n) is 9.17. The molecule has 1 amide bonds. The molecule has 2 N–H and O–H groups in total. The second-order valence-electron chi connectivity index (χ2n) is 6.86. The van der Waals surface area contributed by atoms with E-state index in [4.69, 9.17) is 14.2 Å². The van der Waals surface area contributed by atoms with Crippen LogP contribution in [0.1, 0.15) is 11.1 Å². The van der Waals surface area contributed by atoms with Crippen molar-refractivity contribution in [2.75, 3.05) is 25.0 Å². The number of amides is 1. The van der Waals surface area contributed by atoms with Crippen LogP contribution >= 0.6 is 0 Å². The summed E-state index contributed by atoms with van der Waals surface area (Å²) in [5, 5.41) is 0. The second-order valence-corrected chi connectivity index (χ2v) is 8.48. The Bertz CT molecular complexity index is 1070. The van der Waals surface area contributed by atoms with Gasteiger partial charge in [-0.2, -0.15) is 8.42 Å². The molecule has 4 rings (SSSR count). The number of carbonyl (C=O) groups is 1. The van der Waals surface area contributed by atoms with Crippen molar-refractivity contribution in [1.29, 1.82) is 0 Å². The van der Waals surface area contributed by atoms with Crippen LogP contribution in [0.15, 0.2) is 36.4 Å². The molecule has 0 spiro atoms. The van der Waals surface area contributed by atoms with E-state index in [-0.39, 0.29) is 30.4 Å². The molecule has 1 saturated heterocycles. The third-order valence-electron chi connectivity index (χ3n) is 4.72. The van der Waals surface area contributed by atoms with E-state index in [0.29, 0.717) is 24.7 Å². The Kier molecular flexibility index (Phi) is 5.50. The normalized spacial score (nSPS) is 16.5. The highest BCUT2D eigenvalue weighted by molar-refractivity contribution is 7.90. The molecule has 30 heavy (non-hydrogen) atoms. The summed E-state index contributed by atoms with van der Waals surface area (Å²) in [5.41, 5.74) is 0.685. The Morgan fingerprint density at radius 2 is 2.07 bits per heavy atom. The summed E-state index contributed by atoms with van der Waals surface area (Å²) in [6, 6.07) is 9.50. The van der Waals surface area contributed by atoms with E-state index in [0.717, 1.165) is 5.56 Å². The molecule has 0 unspecified atom stereocenters. The molecule has 2 aromatic rings. The van der Waals surface area contributed by atoms with Crippen molar-refractivity contribution in [2.45, 2.75) is 19.2 Å². The number of benzene rings is 2. The van der Waals surface area contributed by atoms with Gasteiger partial charge < -0.3 is 14.2 Å². The first-order valence-corrected chi connectivity index (χ1v) is 10.7. The van der Waals surface area contributed by atoms with Crippen molar-refractivity contribution in [3.63, 3.8) is 0 Å². The number of hydrogen-bond donors (Lipinski definition) is 2. The lowest BCUT2D eigenvalue weighted by Gasteiger charge is -2.30. The van der Waals surface area contributed by atoms with Gasteiger partial charge in [0.2, 0.25) is 0 Å². The van der Waals surface area contributed by atoms with Crippen LogP contribution in [-0.2, 0) is 28.0 Å². The Hall–Kier alpha value is -2.89. The molecule has 160 valence electrons. The van der Waals surface area contributed by atoms with E-state index in [2.05, 4.69) is 9.44 Å². The molecule has 0 saturated carbocycles. The van der Waals surface area contributed by atoms with Crippen LogP contribution in [0, 0.1) is 5.82 Å². The molecule has 2 aliphatic rings. The molecule has 9 nitrogen and oxygen atoms in total. The fourth-order valence-electron chi connectivity index (χ4n) is 3.04. The van der Waals surface area contributed by atoms with Crippen molar-refractivity contribution in [3.05, 3.63) is 53.3 Å². The van der Waals surface area contributed by atoms with Crippen LogP contribution in [0.3, 0.4) is 0 Å². The van der Waals surface area contributed by atoms with Gasteiger partial charge >= 0.3 is 6.09 Å². The number of ether oxygens (including phenoxy) is 3. The van der Waals surface area contributed by atoms with Crippen molar-refractivity contribution < 1.29 is 31.8 Å². The predicted octanol–water partition coefficient (Wildman–Crippen LogP) is 1.99. The monoisotopic (exact) mass is 437 g/mol. The Balaban J connectivity index is 1.49. The minimum Gasteiger partial charge on any atom is -0.485 e. The summed E-state index contributed by atoms with van der Waals surface area (Å²) < 4.78 is 58.4. The van der Waals surface area contributed by atoms with Gasteiger partial charge in [-0.1, -0.05) is 12.1 Å². The number of anilines is 1. The van der Waals surface area contributed by atoms with Crippen LogP contribution in [0.4, 0.5) is 14.9 Å². The smallest absolute Gasteiger partial charge is 0.415 e. The van der Waals surface area contributed by atoms with E-state index in [1.165, 1.54) is 30.1 Å². The number of halogens is 1. The van der Waals surface area contributed by atoms with Crippen molar-refractivity contribution in [3.8, 4) is 11.5 Å². The molecule has 0 bridgehead atoms. The summed E-state index contributed by atoms with van der Waals surface area (Å²) in [4.78, 5) is 13.8. The number of hydrogen-bond acceptors (Lipinski definition) is 6. The maximum Gasteiger partial charge on any atom is 0.415 e. The molecule has 2 aromatic carbocycles. The number of carbonyl (C=O) groups excluding carboxylic acids is 1. The fraction of sp³-hybridized carbons (Fsp3) is 0.316. The highest BCUT2D eigenvalue weighted by Crippen LogP contribution is 2.32. The van der Waals surface area contributed by atoms with Gasteiger partial charge in [-0.25, -0.2) is 13.9 Å². The minimum absolute atomic E-state index is 0.00516. The summed E-state index contributed by atoms with van der Waals surface area (Å²) in [6.07, 6.45) is -0.637. The quantitative estimate of drug-likeness (QED) is 0.686. The average molecular weight is 437 g/mol. The maximum absolute atomic E-state index is 14.8. The highest BCUT2D eigenvalue weighted by atomic mass is 32.2. The third-order valence-corrected chi connectivity index (χ3v) is 5.74. The molecule has 2 heterocycles. The van der Waals surface area contributed by atoms with Crippen LogP contribution < -0.4 is 18.9 Å². The summed E-state index contributed by atoms with van der Waals surface area (Å²) in [6.45, 7) is 1.18. The van der Waals surface area contributed by atoms with Crippen LogP contribution in [0.25, 0.3) is 0 Å². The Morgan fingerprint density at radius 3 is 2.77 bits per heavy atom. The first kappa shape index (κ1) is 20.4. The number of rotatable bonds is 7. The van der Waals surface area contributed by atoms with Gasteiger partial charge in [0.15, 0.2) is 5.82 Å². The zero-order valence-electron chi connectivity index (χ0n) is 16.1. The van der Waals surface area contributed by atoms with Crippen LogP contribution in [0.2, 0.25) is 0 Å². The molecular weight excluding hydrogens is 417 g/mol. The Morgan fingerprint density at radius 1 is 1.27 bits per heavy atom. The molecule has 0 aliphatic carbocycles. The van der Waals surface area contributed by atoms with Gasteiger partial charge in [0.05, 0.1) is 32.0 Å². The van der Waals surface area contributed by atoms with E-state index in [1.807, 2.05) is 0 Å². The van der Waals surface area contributed by atoms with E-state index in [9.17, 15) is 17.6 Å². The maximum atomic E-state index is 14.8. The second kappa shape index (κ2) is 8.09. The minimum atomic E-state index is -3.87. The zero-order valence-corrected chi connectivity index (χ0v) is 16.9. The van der Waals surface area contributed by atoms with Crippen molar-refractivity contribution >= 4 is 22.0 Å². The number of nitrogens with one attached hydrogen (secondary N) is 2. The number of nitrogens with zero attached hydrogens (tertiary/aromatic N) is 1. The largest absolute Gasteiger partial charge is 0.485 e. The van der Waals surface area contributed by atoms with Gasteiger partial charge in [0, 0.05) is 24.2 Å². The number of fused-ring (bicyclic) bond motifs is 1. The standard InChI is InChI=1S/C19H20FN3O6S/c1-21-30(25,26)22-16-4-2-3-13(18(16)20)9-23-8-12-5-6-14(28-15-10-27-11-15)7-17(12)29-19(23)24/h2-7,15,21-22H,8-11H2,1H3. The molecular formula is C19H20FN3O6S. The van der Waals surface area contributed by atoms with Gasteiger partial charge in [-0.05, 0) is 18.2 Å². The lowest BCUT2D eigenvalue weighted by atomic mass is 10.1. The average Bonchev–Trinajstić information content (AvgIpc) is 2.68. The van der Waals surface area contributed by atoms with Crippen LogP contribution in [-0.4, -0.2) is 45.8 Å². The fourth-order valence-corrected chi connectivity index (χ4v) is 3.59. The molecule has 11 heteroatoms. The molecule has 0 aromatic heterocycles. The molecule has 0 radical (unpaired) electrons. The van der Waals surface area contributed by atoms with E-state index < -0.39 is 22.1 Å². The van der Waals surface area contributed by atoms with Crippen LogP contribution in [0.5, 0.6) is 11.5 Å². The summed E-state index contributed by atoms with van der Waals surface area (Å²) in [7, 11) is -2.66. The topological polar surface area (TPSA) is 106 Å².